The van der Waals surface area contributed by atoms with E-state index >= 15 is 4.39 Å². The molecular weight excluding hydrogens is 539 g/mol. The summed E-state index contributed by atoms with van der Waals surface area (Å²) in [6, 6.07) is 7.12. The highest BCUT2D eigenvalue weighted by Gasteiger charge is 2.32. The average Bonchev–Trinajstić information content (AvgIpc) is 2.89. The largest absolute Gasteiger partial charge is 0.444 e. The van der Waals surface area contributed by atoms with Crippen LogP contribution in [0.25, 0.3) is 0 Å². The van der Waals surface area contributed by atoms with E-state index < -0.39 is 39.6 Å². The van der Waals surface area contributed by atoms with Crippen LogP contribution in [0.5, 0.6) is 0 Å². The molecule has 40 heavy (non-hydrogen) atoms. The first kappa shape index (κ1) is 30.4. The third-order valence-electron chi connectivity index (χ3n) is 5.59. The molecule has 0 saturated carbocycles. The van der Waals surface area contributed by atoms with Gasteiger partial charge in [0.25, 0.3) is 5.91 Å². The number of pyridine rings is 2. The highest BCUT2D eigenvalue weighted by Crippen LogP contribution is 2.29. The van der Waals surface area contributed by atoms with Gasteiger partial charge in [-0.1, -0.05) is 5.75 Å². The number of alkyl carbamates (subject to hydrolysis) is 1. The first-order chi connectivity index (χ1) is 18.8. The van der Waals surface area contributed by atoms with Gasteiger partial charge in [-0.3, -0.25) is 10.1 Å². The number of rotatable bonds is 3. The van der Waals surface area contributed by atoms with Crippen LogP contribution < -0.4 is 10.6 Å². The Morgan fingerprint density at radius 3 is 2.60 bits per heavy atom. The van der Waals surface area contributed by atoms with Gasteiger partial charge < -0.3 is 23.5 Å². The number of ether oxygens (including phenoxy) is 1. The Bertz CT molecular complexity index is 1410. The number of guanidine groups is 1. The van der Waals surface area contributed by atoms with E-state index in [0.717, 1.165) is 6.07 Å². The van der Waals surface area contributed by atoms with Crippen molar-refractivity contribution < 1.29 is 22.9 Å². The molecule has 214 valence electrons. The predicted molar refractivity (Wildman–Crippen MR) is 147 cm³/mol. The number of carbonyl (C=O) groups is 2. The first-order valence-corrected chi connectivity index (χ1v) is 13.8. The molecule has 3 rings (SSSR count). The summed E-state index contributed by atoms with van der Waals surface area (Å²) >= 11 is 0. The topological polar surface area (TPSA) is 162 Å². The molecule has 0 aromatic carbocycles. The smallest absolute Gasteiger partial charge is 0.414 e. The first-order valence-electron chi connectivity index (χ1n) is 12.5. The van der Waals surface area contributed by atoms with E-state index in [0.29, 0.717) is 25.9 Å². The van der Waals surface area contributed by atoms with Crippen molar-refractivity contribution in [2.24, 2.45) is 9.36 Å². The molecule has 14 heteroatoms. The van der Waals surface area contributed by atoms with Crippen molar-refractivity contribution in [2.45, 2.75) is 51.7 Å². The standard InChI is InChI=1S/C26H32FN8O4S/c1-25(2,3)39-24(37)33-23-34-26(4,16-40(38)30-12-6-7-13-35(23)5)21-18(27)9-11-20(31-21)32-22(36)19-10-8-17(14-28)15-29-19/h8-11,15H,6-7,12-13,16H2,1-5H3,(H,31,32,36)(H,33,34,37)/q-1/t26-/m0/s1. The third-order valence-corrected chi connectivity index (χ3v) is 6.87. The van der Waals surface area contributed by atoms with E-state index in [2.05, 4.69) is 30.0 Å². The van der Waals surface area contributed by atoms with Crippen molar-refractivity contribution in [2.75, 3.05) is 31.2 Å². The highest BCUT2D eigenvalue weighted by molar-refractivity contribution is 7.74. The summed E-state index contributed by atoms with van der Waals surface area (Å²) in [6.07, 6.45) is 1.83. The van der Waals surface area contributed by atoms with Crippen molar-refractivity contribution in [3.05, 3.63) is 53.2 Å². The minimum absolute atomic E-state index is 0.00368. The number of amides is 2. The second kappa shape index (κ2) is 12.8. The Kier molecular flexibility index (Phi) is 9.75. The molecule has 12 nitrogen and oxygen atoms in total. The Morgan fingerprint density at radius 2 is 1.95 bits per heavy atom. The second-order valence-corrected chi connectivity index (χ2v) is 11.5. The Morgan fingerprint density at radius 1 is 1.20 bits per heavy atom. The quantitative estimate of drug-likeness (QED) is 0.527. The van der Waals surface area contributed by atoms with Gasteiger partial charge in [0.1, 0.15) is 34.7 Å². The fourth-order valence-electron chi connectivity index (χ4n) is 3.67. The third kappa shape index (κ3) is 8.44. The van der Waals surface area contributed by atoms with Crippen LogP contribution in [0.1, 0.15) is 62.3 Å². The normalized spacial score (nSPS) is 18.8. The maximum atomic E-state index is 15.3. The SMILES string of the molecule is CN1CCCCN=[S-](=O)C[C@@](C)(c2nc(NC(=O)c3ccc(C#N)cn3)ccc2F)N=C1NC(=O)OC(C)(C)C. The van der Waals surface area contributed by atoms with E-state index in [1.54, 1.807) is 32.7 Å². The molecule has 3 heterocycles. The molecule has 0 spiro atoms. The van der Waals surface area contributed by atoms with Crippen LogP contribution in [0.15, 0.2) is 39.8 Å². The number of hydrogen-bond donors (Lipinski definition) is 2. The lowest BCUT2D eigenvalue weighted by Gasteiger charge is -2.31. The van der Waals surface area contributed by atoms with Crippen LogP contribution in [-0.2, 0) is 25.1 Å². The second-order valence-electron chi connectivity index (χ2n) is 10.3. The van der Waals surface area contributed by atoms with Crippen molar-refractivity contribution >= 4 is 34.4 Å². The minimum atomic E-state index is -1.75. The van der Waals surface area contributed by atoms with Crippen LogP contribution in [-0.4, -0.2) is 64.3 Å². The van der Waals surface area contributed by atoms with Crippen LogP contribution in [0.4, 0.5) is 15.0 Å². The van der Waals surface area contributed by atoms with Gasteiger partial charge in [-0.15, -0.1) is 0 Å². The van der Waals surface area contributed by atoms with Crippen molar-refractivity contribution in [1.82, 2.24) is 20.2 Å². The fraction of sp³-hybridized carbons (Fsp3) is 0.462. The van der Waals surface area contributed by atoms with Crippen LogP contribution in [0.3, 0.4) is 0 Å². The summed E-state index contributed by atoms with van der Waals surface area (Å²) in [5, 5.41) is 14.1. The van der Waals surface area contributed by atoms with Gasteiger partial charge in [0.15, 0.2) is 0 Å². The minimum Gasteiger partial charge on any atom is -0.444 e. The van der Waals surface area contributed by atoms with E-state index in [9.17, 15) is 13.8 Å². The van der Waals surface area contributed by atoms with Crippen molar-refractivity contribution in [1.29, 1.82) is 5.26 Å². The zero-order valence-electron chi connectivity index (χ0n) is 23.0. The molecule has 0 radical (unpaired) electrons. The number of nitrogens with one attached hydrogen (secondary N) is 2. The van der Waals surface area contributed by atoms with Crippen LogP contribution in [0, 0.1) is 17.1 Å². The lowest BCUT2D eigenvalue weighted by atomic mass is 10.00. The zero-order valence-corrected chi connectivity index (χ0v) is 23.8. The van der Waals surface area contributed by atoms with Gasteiger partial charge in [-0.25, -0.2) is 24.1 Å². The summed E-state index contributed by atoms with van der Waals surface area (Å²) in [5.41, 5.74) is -2.25. The van der Waals surface area contributed by atoms with E-state index in [1.807, 2.05) is 6.07 Å². The number of nitrogens with zero attached hydrogens (tertiary/aromatic N) is 6. The molecule has 1 aliphatic heterocycles. The summed E-state index contributed by atoms with van der Waals surface area (Å²) < 4.78 is 37.8. The summed E-state index contributed by atoms with van der Waals surface area (Å²) in [7, 11) is -0.0375. The molecule has 1 atom stereocenters. The molecule has 0 bridgehead atoms. The summed E-state index contributed by atoms with van der Waals surface area (Å²) in [4.78, 5) is 40.0. The van der Waals surface area contributed by atoms with E-state index in [-0.39, 0.29) is 34.5 Å². The molecule has 2 aromatic rings. The van der Waals surface area contributed by atoms with Crippen molar-refractivity contribution in [3.8, 4) is 6.07 Å². The molecular formula is C26H32FN8O4S-. The molecule has 0 aliphatic carbocycles. The number of hydrogen-bond acceptors (Lipinski definition) is 11. The molecule has 2 aromatic heterocycles. The van der Waals surface area contributed by atoms with Gasteiger partial charge in [0, 0.05) is 26.3 Å². The Hall–Kier alpha value is -4.12. The maximum Gasteiger partial charge on any atom is 0.414 e. The van der Waals surface area contributed by atoms with Gasteiger partial charge in [0.2, 0.25) is 5.96 Å². The summed E-state index contributed by atoms with van der Waals surface area (Å²) in [6.45, 7) is 7.51. The van der Waals surface area contributed by atoms with Crippen LogP contribution in [0.2, 0.25) is 0 Å². The van der Waals surface area contributed by atoms with E-state index in [1.165, 1.54) is 31.3 Å². The molecule has 1 aliphatic rings. The van der Waals surface area contributed by atoms with E-state index in [4.69, 9.17) is 10.00 Å². The number of halogens is 1. The van der Waals surface area contributed by atoms with Gasteiger partial charge in [-0.2, -0.15) is 15.9 Å². The lowest BCUT2D eigenvalue weighted by Crippen LogP contribution is -2.46. The van der Waals surface area contributed by atoms with Gasteiger partial charge >= 0.3 is 6.09 Å². The van der Waals surface area contributed by atoms with Crippen LogP contribution >= 0.6 is 0 Å². The molecule has 2 N–H and O–H groups in total. The van der Waals surface area contributed by atoms with Gasteiger partial charge in [-0.05, 0) is 64.8 Å². The van der Waals surface area contributed by atoms with Crippen molar-refractivity contribution in [3.63, 3.8) is 0 Å². The number of nitriles is 1. The number of anilines is 1. The lowest BCUT2D eigenvalue weighted by molar-refractivity contribution is 0.0556. The zero-order chi connectivity index (χ0) is 29.5. The molecule has 2 amide bonds. The Balaban J connectivity index is 2.04. The highest BCUT2D eigenvalue weighted by atomic mass is 32.2. The number of aromatic nitrogens is 2. The maximum absolute atomic E-state index is 15.3. The molecule has 0 saturated heterocycles. The monoisotopic (exact) mass is 571 g/mol. The van der Waals surface area contributed by atoms with Gasteiger partial charge in [0.05, 0.1) is 11.1 Å². The predicted octanol–water partition coefficient (Wildman–Crippen LogP) is 3.71. The number of carbonyl (C=O) groups excluding carboxylic acids is 2. The Labute approximate surface area is 234 Å². The fourth-order valence-corrected chi connectivity index (χ4v) is 4.78. The molecule has 0 unspecified atom stereocenters. The summed E-state index contributed by atoms with van der Waals surface area (Å²) in [5.74, 6) is -1.55. The average molecular weight is 572 g/mol. The number of aliphatic imine (C=N–C) groups is 1. The molecule has 0 fully saturated rings.